The Morgan fingerprint density at radius 3 is 2.45 bits per heavy atom. The Labute approximate surface area is 183 Å². The molecule has 3 aliphatic rings. The average Bonchev–Trinajstić information content (AvgIpc) is 2.89. The highest BCUT2D eigenvalue weighted by Crippen LogP contribution is 2.49. The number of likely N-dealkylation sites (tertiary alicyclic amines) is 1. The molecule has 1 N–H and O–H groups in total. The molecule has 2 saturated carbocycles. The van der Waals surface area contributed by atoms with Crippen molar-refractivity contribution in [3.05, 3.63) is 28.0 Å². The van der Waals surface area contributed by atoms with Crippen molar-refractivity contribution in [1.29, 1.82) is 0 Å². The fourth-order valence-corrected chi connectivity index (χ4v) is 6.33. The van der Waals surface area contributed by atoms with Gasteiger partial charge in [-0.05, 0) is 84.7 Å². The van der Waals surface area contributed by atoms with Crippen molar-refractivity contribution < 1.29 is 13.2 Å². The molecule has 7 heteroatoms. The lowest BCUT2D eigenvalue weighted by Crippen LogP contribution is -2.63. The Balaban J connectivity index is 1.24. The summed E-state index contributed by atoms with van der Waals surface area (Å²) in [4.78, 5) is 2.69. The number of rotatable bonds is 4. The lowest BCUT2D eigenvalue weighted by molar-refractivity contribution is -0.140. The maximum Gasteiger partial charge on any atom is 0.406 e. The molecule has 5 rings (SSSR count). The van der Waals surface area contributed by atoms with Crippen LogP contribution in [0.25, 0.3) is 10.9 Å². The van der Waals surface area contributed by atoms with Gasteiger partial charge in [0.1, 0.15) is 6.54 Å². The molecule has 1 aromatic heterocycles. The number of fused-ring (bicyclic) bond motifs is 1. The second-order valence-electron chi connectivity index (χ2n) is 9.32. The molecule has 3 fully saturated rings. The molecule has 0 amide bonds. The summed E-state index contributed by atoms with van der Waals surface area (Å²) >= 11 is 2.00. The maximum absolute atomic E-state index is 13.0. The van der Waals surface area contributed by atoms with Crippen LogP contribution in [0.4, 0.5) is 18.9 Å². The number of anilines is 1. The van der Waals surface area contributed by atoms with Crippen LogP contribution in [0.15, 0.2) is 24.3 Å². The van der Waals surface area contributed by atoms with E-state index >= 15 is 0 Å². The predicted octanol–water partition coefficient (Wildman–Crippen LogP) is 6.02. The molecule has 2 aliphatic carbocycles. The zero-order chi connectivity index (χ0) is 20.2. The first-order valence-corrected chi connectivity index (χ1v) is 11.7. The first-order valence-electron chi connectivity index (χ1n) is 10.7. The van der Waals surface area contributed by atoms with Crippen molar-refractivity contribution in [1.82, 2.24) is 9.47 Å². The van der Waals surface area contributed by atoms with Crippen LogP contribution in [-0.4, -0.2) is 40.8 Å². The van der Waals surface area contributed by atoms with Crippen molar-refractivity contribution in [2.45, 2.75) is 69.8 Å². The topological polar surface area (TPSA) is 20.2 Å². The molecule has 1 spiro atoms. The van der Waals surface area contributed by atoms with Gasteiger partial charge in [-0.3, -0.25) is 4.90 Å². The van der Waals surface area contributed by atoms with Crippen molar-refractivity contribution in [3.8, 4) is 0 Å². The van der Waals surface area contributed by atoms with E-state index in [1.54, 1.807) is 6.07 Å². The third-order valence-electron chi connectivity index (χ3n) is 7.30. The number of hydrogen-bond donors (Lipinski definition) is 1. The molecule has 29 heavy (non-hydrogen) atoms. The number of nitrogens with one attached hydrogen (secondary N) is 1. The third-order valence-corrected chi connectivity index (χ3v) is 8.19. The van der Waals surface area contributed by atoms with E-state index < -0.39 is 12.7 Å². The van der Waals surface area contributed by atoms with Gasteiger partial charge in [0.2, 0.25) is 0 Å². The number of aromatic nitrogens is 1. The molecule has 2 heterocycles. The average molecular weight is 517 g/mol. The molecule has 0 bridgehead atoms. The largest absolute Gasteiger partial charge is 0.406 e. The van der Waals surface area contributed by atoms with Gasteiger partial charge < -0.3 is 9.88 Å². The predicted molar refractivity (Wildman–Crippen MR) is 118 cm³/mol. The van der Waals surface area contributed by atoms with Crippen molar-refractivity contribution in [3.63, 3.8) is 0 Å². The molecule has 2 aromatic rings. The van der Waals surface area contributed by atoms with Gasteiger partial charge in [-0.25, -0.2) is 0 Å². The number of benzene rings is 1. The maximum atomic E-state index is 13.0. The van der Waals surface area contributed by atoms with Crippen LogP contribution < -0.4 is 5.32 Å². The summed E-state index contributed by atoms with van der Waals surface area (Å²) in [5, 5.41) is 4.53. The SMILES string of the molecule is FC(F)(F)Cn1c(I)cc2c(NC3CCC(N4CC5(CCC5)C4)CC3)cccc21. The van der Waals surface area contributed by atoms with Crippen LogP contribution in [0.3, 0.4) is 0 Å². The minimum Gasteiger partial charge on any atom is -0.382 e. The Kier molecular flexibility index (Phi) is 5.04. The monoisotopic (exact) mass is 517 g/mol. The molecule has 1 saturated heterocycles. The van der Waals surface area contributed by atoms with Gasteiger partial charge >= 0.3 is 6.18 Å². The van der Waals surface area contributed by atoms with E-state index in [4.69, 9.17) is 0 Å². The first-order chi connectivity index (χ1) is 13.8. The molecular weight excluding hydrogens is 490 g/mol. The number of hydrogen-bond acceptors (Lipinski definition) is 2. The molecule has 158 valence electrons. The second-order valence-corrected chi connectivity index (χ2v) is 10.4. The summed E-state index contributed by atoms with van der Waals surface area (Å²) in [6.45, 7) is 1.67. The summed E-state index contributed by atoms with van der Waals surface area (Å²) in [6, 6.07) is 8.64. The van der Waals surface area contributed by atoms with E-state index in [9.17, 15) is 13.2 Å². The molecular formula is C22H27F3IN3. The Bertz CT molecular complexity index is 887. The summed E-state index contributed by atoms with van der Waals surface area (Å²) in [5.41, 5.74) is 2.30. The molecule has 0 atom stereocenters. The lowest BCUT2D eigenvalue weighted by atomic mass is 9.63. The zero-order valence-electron chi connectivity index (χ0n) is 16.4. The standard InChI is InChI=1S/C22H27F3IN3/c23-22(24,25)14-29-19-4-1-3-18(17(19)11-20(29)26)27-15-5-7-16(8-6-15)28-12-21(13-28)9-2-10-21/h1,3-4,11,15-16,27H,2,5-10,12-14H2. The van der Waals surface area contributed by atoms with Gasteiger partial charge in [0, 0.05) is 36.2 Å². The van der Waals surface area contributed by atoms with Crippen LogP contribution in [0, 0.1) is 9.12 Å². The summed E-state index contributed by atoms with van der Waals surface area (Å²) in [7, 11) is 0. The van der Waals surface area contributed by atoms with E-state index in [1.165, 1.54) is 49.8 Å². The van der Waals surface area contributed by atoms with E-state index in [0.29, 0.717) is 20.7 Å². The molecule has 0 radical (unpaired) electrons. The highest BCUT2D eigenvalue weighted by Gasteiger charge is 2.49. The minimum absolute atomic E-state index is 0.402. The van der Waals surface area contributed by atoms with Crippen LogP contribution in [0.2, 0.25) is 0 Å². The van der Waals surface area contributed by atoms with Crippen molar-refractivity contribution in [2.24, 2.45) is 5.41 Å². The van der Waals surface area contributed by atoms with E-state index in [-0.39, 0.29) is 0 Å². The van der Waals surface area contributed by atoms with Crippen LogP contribution in [-0.2, 0) is 6.54 Å². The second kappa shape index (κ2) is 7.32. The highest BCUT2D eigenvalue weighted by atomic mass is 127. The lowest BCUT2D eigenvalue weighted by Gasteiger charge is -2.59. The first kappa shape index (κ1) is 20.0. The smallest absolute Gasteiger partial charge is 0.382 e. The quantitative estimate of drug-likeness (QED) is 0.501. The van der Waals surface area contributed by atoms with E-state index in [2.05, 4.69) is 10.2 Å². The van der Waals surface area contributed by atoms with Gasteiger partial charge in [0.15, 0.2) is 0 Å². The molecule has 1 aromatic carbocycles. The Hall–Kier alpha value is -0.960. The fraction of sp³-hybridized carbons (Fsp3) is 0.636. The van der Waals surface area contributed by atoms with E-state index in [1.807, 2.05) is 40.8 Å². The van der Waals surface area contributed by atoms with Gasteiger partial charge in [-0.15, -0.1) is 0 Å². The van der Waals surface area contributed by atoms with Crippen LogP contribution in [0.5, 0.6) is 0 Å². The van der Waals surface area contributed by atoms with E-state index in [0.717, 1.165) is 30.0 Å². The van der Waals surface area contributed by atoms with Crippen LogP contribution >= 0.6 is 22.6 Å². The van der Waals surface area contributed by atoms with Gasteiger partial charge in [-0.1, -0.05) is 12.5 Å². The Morgan fingerprint density at radius 2 is 1.83 bits per heavy atom. The Morgan fingerprint density at radius 1 is 1.10 bits per heavy atom. The number of nitrogens with zero attached hydrogens (tertiary/aromatic N) is 2. The van der Waals surface area contributed by atoms with Crippen molar-refractivity contribution >= 4 is 39.2 Å². The van der Waals surface area contributed by atoms with Gasteiger partial charge in [0.05, 0.1) is 9.22 Å². The van der Waals surface area contributed by atoms with Gasteiger partial charge in [0.25, 0.3) is 0 Å². The number of halogens is 4. The molecule has 1 aliphatic heterocycles. The highest BCUT2D eigenvalue weighted by molar-refractivity contribution is 14.1. The summed E-state index contributed by atoms with van der Waals surface area (Å²) in [5.74, 6) is 0. The molecule has 0 unspecified atom stereocenters. The van der Waals surface area contributed by atoms with Crippen molar-refractivity contribution in [2.75, 3.05) is 18.4 Å². The van der Waals surface area contributed by atoms with Gasteiger partial charge in [-0.2, -0.15) is 13.2 Å². The summed E-state index contributed by atoms with van der Waals surface area (Å²) < 4.78 is 40.9. The number of alkyl halides is 3. The minimum atomic E-state index is -4.22. The summed E-state index contributed by atoms with van der Waals surface area (Å²) in [6.07, 6.45) is 4.75. The fourth-order valence-electron chi connectivity index (χ4n) is 5.59. The van der Waals surface area contributed by atoms with Crippen LogP contribution in [0.1, 0.15) is 44.9 Å². The zero-order valence-corrected chi connectivity index (χ0v) is 18.6. The molecule has 3 nitrogen and oxygen atoms in total. The normalized spacial score (nSPS) is 27.0. The third kappa shape index (κ3) is 3.89.